The number of hydrogen-bond donors (Lipinski definition) is 1. The van der Waals surface area contributed by atoms with Gasteiger partial charge in [-0.25, -0.2) is 18.7 Å². The van der Waals surface area contributed by atoms with Gasteiger partial charge in [0, 0.05) is 6.20 Å². The first-order chi connectivity index (χ1) is 18.3. The fourth-order valence-electron chi connectivity index (χ4n) is 6.19. The van der Waals surface area contributed by atoms with Gasteiger partial charge >= 0.3 is 6.18 Å². The molecule has 1 unspecified atom stereocenters. The second kappa shape index (κ2) is 8.10. The molecule has 7 nitrogen and oxygen atoms in total. The highest BCUT2D eigenvalue weighted by atomic mass is 19.4. The van der Waals surface area contributed by atoms with E-state index in [2.05, 4.69) is 25.1 Å². The van der Waals surface area contributed by atoms with Gasteiger partial charge in [-0.15, -0.1) is 5.10 Å². The van der Waals surface area contributed by atoms with Crippen molar-refractivity contribution in [2.45, 2.75) is 56.7 Å². The number of aliphatic hydroxyl groups is 1. The van der Waals surface area contributed by atoms with Crippen LogP contribution in [0, 0.1) is 17.0 Å². The topological polar surface area (TPSA) is 97.8 Å². The minimum atomic E-state index is -4.97. The van der Waals surface area contributed by atoms with Gasteiger partial charge in [-0.05, 0) is 54.9 Å². The lowest BCUT2D eigenvalue weighted by molar-refractivity contribution is -0.260. The number of hydrogen-bond acceptors (Lipinski definition) is 7. The van der Waals surface area contributed by atoms with Gasteiger partial charge in [0.2, 0.25) is 11.5 Å². The Morgan fingerprint density at radius 1 is 1.03 bits per heavy atom. The molecule has 0 aliphatic heterocycles. The number of halogens is 5. The lowest BCUT2D eigenvalue weighted by Gasteiger charge is -2.37. The quantitative estimate of drug-likeness (QED) is 0.323. The largest absolute Gasteiger partial charge is 0.443 e. The lowest BCUT2D eigenvalue weighted by Crippen LogP contribution is -2.39. The molecular formula is C27H22F5N5O2. The van der Waals surface area contributed by atoms with E-state index in [1.165, 1.54) is 12.3 Å². The summed E-state index contributed by atoms with van der Waals surface area (Å²) in [5, 5.41) is 18.6. The molecule has 1 N–H and O–H groups in total. The summed E-state index contributed by atoms with van der Waals surface area (Å²) in [5.74, 6) is -1.73. The first-order valence-corrected chi connectivity index (χ1v) is 12.2. The molecule has 6 rings (SSSR count). The van der Waals surface area contributed by atoms with Gasteiger partial charge in [-0.3, -0.25) is 4.98 Å². The third kappa shape index (κ3) is 3.39. The van der Waals surface area contributed by atoms with E-state index in [4.69, 9.17) is 4.42 Å². The molecule has 3 aromatic heterocycles. The van der Waals surface area contributed by atoms with Gasteiger partial charge < -0.3 is 9.52 Å². The molecule has 39 heavy (non-hydrogen) atoms. The smallest absolute Gasteiger partial charge is 0.422 e. The third-order valence-electron chi connectivity index (χ3n) is 8.45. The number of nitrogens with zero attached hydrogens (tertiary/aromatic N) is 5. The predicted molar refractivity (Wildman–Crippen MR) is 127 cm³/mol. The summed E-state index contributed by atoms with van der Waals surface area (Å²) in [5.41, 5.74) is -3.31. The molecule has 3 atom stereocenters. The molecule has 1 saturated carbocycles. The molecule has 0 radical (unpaired) electrons. The summed E-state index contributed by atoms with van der Waals surface area (Å²) in [4.78, 5) is 12.8. The van der Waals surface area contributed by atoms with Gasteiger partial charge in [0.1, 0.15) is 29.3 Å². The van der Waals surface area contributed by atoms with Crippen LogP contribution in [0.2, 0.25) is 0 Å². The van der Waals surface area contributed by atoms with Crippen molar-refractivity contribution in [1.82, 2.24) is 25.1 Å². The van der Waals surface area contributed by atoms with Crippen LogP contribution in [-0.4, -0.2) is 36.4 Å². The Hall–Kier alpha value is -3.80. The molecule has 2 aliphatic carbocycles. The lowest BCUT2D eigenvalue weighted by atomic mass is 9.66. The van der Waals surface area contributed by atoms with Crippen molar-refractivity contribution in [3.63, 3.8) is 0 Å². The van der Waals surface area contributed by atoms with E-state index < -0.39 is 39.9 Å². The van der Waals surface area contributed by atoms with Crippen LogP contribution in [0.25, 0.3) is 22.8 Å². The third-order valence-corrected chi connectivity index (χ3v) is 8.45. The molecule has 0 saturated heterocycles. The molecule has 12 heteroatoms. The molecule has 1 aromatic carbocycles. The average molecular weight is 543 g/mol. The van der Waals surface area contributed by atoms with Crippen LogP contribution in [-0.2, 0) is 11.0 Å². The van der Waals surface area contributed by atoms with Crippen LogP contribution < -0.4 is 0 Å². The molecule has 1 fully saturated rings. The van der Waals surface area contributed by atoms with Crippen molar-refractivity contribution in [3.05, 3.63) is 77.2 Å². The first kappa shape index (κ1) is 25.5. The summed E-state index contributed by atoms with van der Waals surface area (Å²) in [6.07, 6.45) is 0.0253. The fraction of sp³-hybridized carbons (Fsp3) is 0.370. The van der Waals surface area contributed by atoms with Crippen LogP contribution >= 0.6 is 0 Å². The van der Waals surface area contributed by atoms with Crippen molar-refractivity contribution < 1.29 is 31.5 Å². The maximum atomic E-state index is 14.5. The van der Waals surface area contributed by atoms with Crippen molar-refractivity contribution in [3.8, 4) is 22.8 Å². The summed E-state index contributed by atoms with van der Waals surface area (Å²) < 4.78 is 74.1. The summed E-state index contributed by atoms with van der Waals surface area (Å²) in [6.45, 7) is 4.69. The zero-order chi connectivity index (χ0) is 28.0. The summed E-state index contributed by atoms with van der Waals surface area (Å²) in [7, 11) is 0. The molecule has 3 heterocycles. The van der Waals surface area contributed by atoms with E-state index in [1.54, 1.807) is 12.3 Å². The maximum absolute atomic E-state index is 14.5. The highest BCUT2D eigenvalue weighted by Crippen LogP contribution is 2.69. The maximum Gasteiger partial charge on any atom is 0.422 e. The Bertz CT molecular complexity index is 1600. The Labute approximate surface area is 219 Å². The van der Waals surface area contributed by atoms with Gasteiger partial charge in [0.25, 0.3) is 0 Å². The van der Waals surface area contributed by atoms with Gasteiger partial charge in [-0.2, -0.15) is 18.3 Å². The molecule has 202 valence electrons. The zero-order valence-electron chi connectivity index (χ0n) is 21.0. The standard InChI is InChI=1S/C27H22F5N5O2/c1-24(2)14-7-8-26(24,22-13(14)9-17(36-37-22)21-15(28)5-4-6-16(21)29)19-11-33-10-18(34-19)23-35-20(12-39-23)25(3,38)27(30,31)32/h4-6,9-12,14,38H,7-8H2,1-3H3/t14-,25?,26-/m0/s1. The highest BCUT2D eigenvalue weighted by Gasteiger charge is 2.65. The minimum Gasteiger partial charge on any atom is -0.443 e. The van der Waals surface area contributed by atoms with Crippen LogP contribution in [0.4, 0.5) is 22.0 Å². The molecule has 4 aromatic rings. The van der Waals surface area contributed by atoms with Crippen molar-refractivity contribution >= 4 is 0 Å². The number of alkyl halides is 3. The van der Waals surface area contributed by atoms with Crippen molar-refractivity contribution in [2.24, 2.45) is 5.41 Å². The molecule has 2 bridgehead atoms. The summed E-state index contributed by atoms with van der Waals surface area (Å²) >= 11 is 0. The minimum absolute atomic E-state index is 0.0164. The molecule has 0 amide bonds. The van der Waals surface area contributed by atoms with E-state index in [-0.39, 0.29) is 28.8 Å². The van der Waals surface area contributed by atoms with E-state index in [9.17, 15) is 27.1 Å². The second-order valence-electron chi connectivity index (χ2n) is 10.7. The monoisotopic (exact) mass is 543 g/mol. The van der Waals surface area contributed by atoms with E-state index in [0.717, 1.165) is 30.4 Å². The molecule has 0 spiro atoms. The van der Waals surface area contributed by atoms with Crippen LogP contribution in [0.5, 0.6) is 0 Å². The zero-order valence-corrected chi connectivity index (χ0v) is 21.0. The van der Waals surface area contributed by atoms with Gasteiger partial charge in [0.05, 0.1) is 34.3 Å². The van der Waals surface area contributed by atoms with Crippen LogP contribution in [0.1, 0.15) is 62.2 Å². The van der Waals surface area contributed by atoms with Crippen molar-refractivity contribution in [1.29, 1.82) is 0 Å². The van der Waals surface area contributed by atoms with Crippen LogP contribution in [0.3, 0.4) is 0 Å². The number of fused-ring (bicyclic) bond motifs is 5. The molecule has 2 aliphatic rings. The predicted octanol–water partition coefficient (Wildman–Crippen LogP) is 5.84. The number of aromatic nitrogens is 5. The first-order valence-electron chi connectivity index (χ1n) is 12.2. The Kier molecular flexibility index (Phi) is 5.29. The number of rotatable bonds is 4. The number of benzene rings is 1. The average Bonchev–Trinajstić information content (AvgIpc) is 3.52. The van der Waals surface area contributed by atoms with Gasteiger partial charge in [-0.1, -0.05) is 19.9 Å². The van der Waals surface area contributed by atoms with E-state index in [1.807, 2.05) is 13.8 Å². The van der Waals surface area contributed by atoms with Gasteiger partial charge in [0.15, 0.2) is 0 Å². The molecular weight excluding hydrogens is 521 g/mol. The second-order valence-corrected chi connectivity index (χ2v) is 10.7. The Balaban J connectivity index is 1.45. The Morgan fingerprint density at radius 3 is 2.44 bits per heavy atom. The summed E-state index contributed by atoms with van der Waals surface area (Å²) in [6, 6.07) is 5.28. The number of oxazole rings is 1. The van der Waals surface area contributed by atoms with Crippen LogP contribution in [0.15, 0.2) is 47.3 Å². The normalized spacial score (nSPS) is 23.1. The van der Waals surface area contributed by atoms with E-state index >= 15 is 0 Å². The van der Waals surface area contributed by atoms with Crippen molar-refractivity contribution in [2.75, 3.05) is 0 Å². The Morgan fingerprint density at radius 2 is 1.74 bits per heavy atom. The highest BCUT2D eigenvalue weighted by molar-refractivity contribution is 5.64. The van der Waals surface area contributed by atoms with E-state index in [0.29, 0.717) is 24.7 Å². The fourth-order valence-corrected chi connectivity index (χ4v) is 6.19. The SMILES string of the molecule is CC(O)(c1coc(-c2cncc([C@@]34CC[C@@H](c5cc(-c6c(F)cccc6F)nnc53)C4(C)C)n2)n1)C(F)(F)F.